The Labute approximate surface area is 709 Å². The molecule has 0 amide bonds. The van der Waals surface area contributed by atoms with Crippen molar-refractivity contribution in [2.45, 2.75) is 186 Å². The molecule has 0 unspecified atom stereocenters. The van der Waals surface area contributed by atoms with Crippen molar-refractivity contribution >= 4 is 129 Å². The summed E-state index contributed by atoms with van der Waals surface area (Å²) in [5.41, 5.74) is 18.6. The summed E-state index contributed by atoms with van der Waals surface area (Å²) < 4.78 is 39.4. The Morgan fingerprint density at radius 2 is 0.807 bits per heavy atom. The Kier molecular flexibility index (Phi) is 35.3. The molecule has 0 saturated carbocycles. The van der Waals surface area contributed by atoms with Gasteiger partial charge in [0.1, 0.15) is 49.5 Å². The van der Waals surface area contributed by atoms with Crippen LogP contribution in [0, 0.1) is 0 Å². The molecule has 0 saturated heterocycles. The lowest BCUT2D eigenvalue weighted by atomic mass is 10.1. The van der Waals surface area contributed by atoms with Crippen LogP contribution in [-0.4, -0.2) is 182 Å². The number of carbonyl (C=O) groups is 3. The number of carboxylic acids is 1. The third-order valence-electron chi connectivity index (χ3n) is 19.7. The van der Waals surface area contributed by atoms with Crippen LogP contribution in [0.5, 0.6) is 0 Å². The Morgan fingerprint density at radius 1 is 0.454 bits per heavy atom. The van der Waals surface area contributed by atoms with Gasteiger partial charge < -0.3 is 49.1 Å². The number of anilines is 3. The van der Waals surface area contributed by atoms with Gasteiger partial charge in [-0.1, -0.05) is 164 Å². The van der Waals surface area contributed by atoms with Crippen LogP contribution in [0.4, 0.5) is 17.5 Å². The number of aliphatic carboxylic acids is 1. The minimum absolute atomic E-state index is 0.142. The van der Waals surface area contributed by atoms with Crippen molar-refractivity contribution in [2.24, 2.45) is 0 Å². The second-order valence-corrected chi connectivity index (χ2v) is 57.5. The third kappa shape index (κ3) is 29.9. The number of halogens is 1. The third-order valence-corrected chi connectivity index (χ3v) is 26.7. The highest BCUT2D eigenvalue weighted by Crippen LogP contribution is 2.34. The highest BCUT2D eigenvalue weighted by Gasteiger charge is 2.24. The first-order valence-electron chi connectivity index (χ1n) is 41.2. The monoisotopic (exact) mass is 1710 g/mol. The summed E-state index contributed by atoms with van der Waals surface area (Å²) in [5.74, 6) is 1.16. The van der Waals surface area contributed by atoms with Crippen molar-refractivity contribution in [3.8, 4) is 33.4 Å². The van der Waals surface area contributed by atoms with Crippen molar-refractivity contribution in [2.75, 3.05) is 83.1 Å². The van der Waals surface area contributed by atoms with E-state index >= 15 is 0 Å². The average Bonchev–Trinajstić information content (AvgIpc) is 1.65. The summed E-state index contributed by atoms with van der Waals surface area (Å²) in [6, 6.07) is 40.7. The van der Waals surface area contributed by atoms with Gasteiger partial charge in [0.25, 0.3) is 0 Å². The average molecular weight is 1710 g/mol. The molecular formula is C89H122ClN15O10Si4. The van der Waals surface area contributed by atoms with E-state index < -0.39 is 38.3 Å². The lowest BCUT2D eigenvalue weighted by Crippen LogP contribution is -2.33. The first kappa shape index (κ1) is 93.2. The van der Waals surface area contributed by atoms with Crippen LogP contribution in [0.25, 0.3) is 83.0 Å². The fourth-order valence-electron chi connectivity index (χ4n) is 12.6. The van der Waals surface area contributed by atoms with Crippen LogP contribution in [0.3, 0.4) is 0 Å². The summed E-state index contributed by atoms with van der Waals surface area (Å²) in [6.45, 7) is 36.3. The SMILES string of the molecule is C=CCCCC(=O)OC.COC(=O)CCCCCc1cc(N(COCC[Si](C)(C)C)COCC[Si](C)(C)C)n2ncc(-c3cnc4ccccc4c3)c2n1.C[Si](C)(C)CCOCN(COCC[Si](C)(C)C)c1cc(Cl)nc2c(-c3cnc4ccccc4c3)cnn12.Nc1cc(CCCCCC(=O)O)nc2c(-c3cnc4ccccc4c3)cnn12. The molecule has 119 heavy (non-hydrogen) atoms. The smallest absolute Gasteiger partial charge is 0.305 e. The number of rotatable bonds is 41. The quantitative estimate of drug-likeness (QED) is 0.00899. The number of nitrogens with two attached hydrogens (primary N) is 1. The molecule has 30 heteroatoms. The van der Waals surface area contributed by atoms with Crippen LogP contribution >= 0.6 is 11.6 Å². The van der Waals surface area contributed by atoms with Crippen LogP contribution < -0.4 is 15.5 Å². The van der Waals surface area contributed by atoms with E-state index in [0.717, 1.165) is 203 Å². The lowest BCUT2D eigenvalue weighted by Gasteiger charge is -2.26. The summed E-state index contributed by atoms with van der Waals surface area (Å²) in [5, 5.41) is 26.2. The number of ether oxygens (including phenoxy) is 6. The lowest BCUT2D eigenvalue weighted by molar-refractivity contribution is -0.141. The highest BCUT2D eigenvalue weighted by atomic mass is 35.5. The Balaban J connectivity index is 0.000000197. The second kappa shape index (κ2) is 45.1. The van der Waals surface area contributed by atoms with Gasteiger partial charge >= 0.3 is 17.9 Å². The molecule has 3 N–H and O–H groups in total. The van der Waals surface area contributed by atoms with E-state index in [-0.39, 0.29) is 18.4 Å². The molecule has 0 spiro atoms. The zero-order chi connectivity index (χ0) is 85.7. The number of nitrogens with zero attached hydrogens (tertiary/aromatic N) is 14. The molecule has 0 aliphatic carbocycles. The number of pyridine rings is 3. The standard InChI is InChI=1S/C34H51N5O4Si2.C27H38ClN5O2Si2.C21H21N5O2.C7H12O2/c1-41-33(40)16-10-8-9-14-29-22-32(38(25-42-17-19-44(2,3)4)26-43-18-20-45(5,6)7)39-34(37-29)30(24-36-39)28-21-27-13-11-12-15-31(27)35-23-28;1-36(2,3)13-11-34-19-32(20-35-12-14-37(4,5)6)26-16-25(28)31-27-23(18-30-33(26)27)22-15-21-9-7-8-10-24(21)29-17-22;22-19-11-16(7-2-1-3-9-20(27)28)25-21-17(13-24-26(19)21)15-10-14-6-4-5-8-18(14)23-12-15;1-3-4-5-6-7(8)9-2/h11-13,15,21-24H,8-10,14,16-20,25-26H2,1-7H3;7-10,15-18H,11-14,19-20H2,1-6H3;4-6,8,10-13H,1-3,7,9,22H2,(H,27,28);3H,1,4-6H2,2H3. The van der Waals surface area contributed by atoms with Gasteiger partial charge in [-0.3, -0.25) is 29.3 Å². The Morgan fingerprint density at radius 3 is 1.19 bits per heavy atom. The molecule has 0 aliphatic rings. The predicted octanol–water partition coefficient (Wildman–Crippen LogP) is 19.9. The number of benzene rings is 3. The number of carboxylic acid groups (broad SMARTS) is 1. The van der Waals surface area contributed by atoms with Gasteiger partial charge in [-0.25, -0.2) is 15.0 Å². The summed E-state index contributed by atoms with van der Waals surface area (Å²) in [7, 11) is -2.01. The van der Waals surface area contributed by atoms with Gasteiger partial charge in [0.05, 0.1) is 49.4 Å². The Hall–Kier alpha value is -9.70. The van der Waals surface area contributed by atoms with Crippen LogP contribution in [0.1, 0.15) is 82.0 Å². The molecule has 0 atom stereocenters. The number of allylic oxidation sites excluding steroid dienone is 1. The van der Waals surface area contributed by atoms with Gasteiger partial charge in [-0.05, 0) is 112 Å². The zero-order valence-electron chi connectivity index (χ0n) is 72.2. The topological polar surface area (TPSA) is 289 Å². The van der Waals surface area contributed by atoms with Crippen molar-refractivity contribution in [1.29, 1.82) is 0 Å². The number of esters is 2. The van der Waals surface area contributed by atoms with Crippen LogP contribution in [-0.2, 0) is 55.6 Å². The fourth-order valence-corrected chi connectivity index (χ4v) is 15.8. The van der Waals surface area contributed by atoms with Crippen LogP contribution in [0.2, 0.25) is 108 Å². The summed E-state index contributed by atoms with van der Waals surface area (Å²) in [4.78, 5) is 65.2. The summed E-state index contributed by atoms with van der Waals surface area (Å²) in [6.07, 6.45) is 22.3. The maximum Gasteiger partial charge on any atom is 0.305 e. The number of unbranched alkanes of at least 4 members (excludes halogenated alkanes) is 5. The van der Waals surface area contributed by atoms with Crippen molar-refractivity contribution in [3.63, 3.8) is 0 Å². The largest absolute Gasteiger partial charge is 0.481 e. The maximum atomic E-state index is 11.6. The number of hydrogen-bond donors (Lipinski definition) is 2. The Bertz CT molecular complexity index is 5250. The first-order chi connectivity index (χ1) is 56.9. The molecule has 0 fully saturated rings. The van der Waals surface area contributed by atoms with Crippen molar-refractivity contribution < 1.29 is 47.9 Å². The normalized spacial score (nSPS) is 11.8. The minimum atomic E-state index is -1.23. The van der Waals surface area contributed by atoms with Crippen molar-refractivity contribution in [3.05, 3.63) is 176 Å². The minimum Gasteiger partial charge on any atom is -0.481 e. The van der Waals surface area contributed by atoms with E-state index in [0.29, 0.717) is 68.5 Å². The number of nitrogen functional groups attached to an aromatic ring is 1. The number of para-hydroxylation sites is 3. The van der Waals surface area contributed by atoms with Gasteiger partial charge in [0.2, 0.25) is 0 Å². The molecule has 12 aromatic rings. The van der Waals surface area contributed by atoms with Gasteiger partial charge in [0.15, 0.2) is 16.9 Å². The molecule has 0 radical (unpaired) electrons. The van der Waals surface area contributed by atoms with Gasteiger partial charge in [-0.2, -0.15) is 28.8 Å². The first-order valence-corrected chi connectivity index (χ1v) is 56.4. The number of carbonyl (C=O) groups excluding carboxylic acids is 2. The van der Waals surface area contributed by atoms with E-state index in [1.165, 1.54) is 14.2 Å². The van der Waals surface area contributed by atoms with Gasteiger partial charge in [-0.15, -0.1) is 6.58 Å². The van der Waals surface area contributed by atoms with Crippen LogP contribution in [0.15, 0.2) is 159 Å². The van der Waals surface area contributed by atoms with E-state index in [9.17, 15) is 14.4 Å². The molecule has 9 heterocycles. The molecule has 25 nitrogen and oxygen atoms in total. The predicted molar refractivity (Wildman–Crippen MR) is 492 cm³/mol. The summed E-state index contributed by atoms with van der Waals surface area (Å²) >= 11 is 6.56. The molecule has 0 aliphatic heterocycles. The zero-order valence-corrected chi connectivity index (χ0v) is 76.9. The molecule has 0 bridgehead atoms. The molecule has 9 aromatic heterocycles. The van der Waals surface area contributed by atoms with E-state index in [2.05, 4.69) is 151 Å². The number of aromatic nitrogens is 12. The number of methoxy groups -OCH3 is 2. The number of aryl methyl sites for hydroxylation is 2. The molecule has 636 valence electrons. The number of hydrogen-bond acceptors (Lipinski definition) is 21. The molecule has 12 rings (SSSR count). The number of fused-ring (bicyclic) bond motifs is 6. The highest BCUT2D eigenvalue weighted by molar-refractivity contribution is 6.77. The maximum absolute atomic E-state index is 11.6. The van der Waals surface area contributed by atoms with E-state index in [4.69, 9.17) is 71.3 Å². The van der Waals surface area contributed by atoms with Gasteiger partial charge in [0, 0.05) is 176 Å². The second-order valence-electron chi connectivity index (χ2n) is 34.7. The van der Waals surface area contributed by atoms with Crippen molar-refractivity contribution in [1.82, 2.24) is 58.7 Å². The molecule has 3 aromatic carbocycles. The molecular weight excluding hydrogens is 1590 g/mol. The van der Waals surface area contributed by atoms with E-state index in [1.54, 1.807) is 16.8 Å². The fraction of sp³-hybridized carbons (Fsp3) is 0.438. The van der Waals surface area contributed by atoms with E-state index in [1.807, 2.05) is 118 Å².